The molecule has 31 heavy (non-hydrogen) atoms. The van der Waals surface area contributed by atoms with Crippen molar-refractivity contribution in [2.24, 2.45) is 11.7 Å². The first-order valence-corrected chi connectivity index (χ1v) is 9.88. The number of rotatable bonds is 10. The monoisotopic (exact) mass is 447 g/mol. The first-order valence-electron chi connectivity index (χ1n) is 9.07. The van der Waals surface area contributed by atoms with E-state index in [-0.39, 0.29) is 18.0 Å². The van der Waals surface area contributed by atoms with Gasteiger partial charge < -0.3 is 26.0 Å². The number of ether oxygens (including phenoxy) is 1. The second-order valence-electron chi connectivity index (χ2n) is 6.70. The van der Waals surface area contributed by atoms with Gasteiger partial charge in [0, 0.05) is 16.4 Å². The number of thiophene rings is 1. The molecule has 0 radical (unpaired) electrons. The Bertz CT molecular complexity index is 1000. The predicted molar refractivity (Wildman–Crippen MR) is 111 cm³/mol. The van der Waals surface area contributed by atoms with Gasteiger partial charge >= 0.3 is 17.9 Å². The highest BCUT2D eigenvalue weighted by molar-refractivity contribution is 7.13. The highest BCUT2D eigenvalue weighted by Gasteiger charge is 2.26. The molecule has 11 heteroatoms. The van der Waals surface area contributed by atoms with Gasteiger partial charge in [0.25, 0.3) is 0 Å². The molecule has 1 aromatic carbocycles. The molecule has 1 heterocycles. The van der Waals surface area contributed by atoms with Crippen LogP contribution < -0.4 is 15.8 Å². The molecule has 0 saturated carbocycles. The fourth-order valence-electron chi connectivity index (χ4n) is 2.54. The molecule has 6 N–H and O–H groups in total. The Balaban J connectivity index is 1.95. The van der Waals surface area contributed by atoms with E-state index in [1.165, 1.54) is 12.1 Å². The average Bonchev–Trinajstić information content (AvgIpc) is 3.16. The molecule has 0 fully saturated rings. The van der Waals surface area contributed by atoms with Crippen LogP contribution in [0.5, 0.6) is 5.75 Å². The molecular weight excluding hydrogens is 426 g/mol. The minimum atomic E-state index is -1.52. The molecule has 10 nitrogen and oxygen atoms in total. The number of amides is 1. The first kappa shape index (κ1) is 23.5. The van der Waals surface area contributed by atoms with Crippen LogP contribution in [0.15, 0.2) is 36.4 Å². The number of esters is 1. The van der Waals surface area contributed by atoms with Crippen molar-refractivity contribution in [1.29, 1.82) is 5.41 Å². The van der Waals surface area contributed by atoms with Gasteiger partial charge in [-0.2, -0.15) is 0 Å². The van der Waals surface area contributed by atoms with E-state index in [0.29, 0.717) is 15.3 Å². The molecule has 0 aliphatic carbocycles. The molecule has 1 unspecified atom stereocenters. The third-order valence-electron chi connectivity index (χ3n) is 4.19. The number of carboxylic acids is 2. The highest BCUT2D eigenvalue weighted by atomic mass is 32.1. The molecule has 164 valence electrons. The minimum absolute atomic E-state index is 0.100. The summed E-state index contributed by atoms with van der Waals surface area (Å²) in [4.78, 5) is 47.4. The van der Waals surface area contributed by atoms with E-state index in [9.17, 15) is 19.2 Å². The van der Waals surface area contributed by atoms with Gasteiger partial charge in [0.1, 0.15) is 22.5 Å². The molecule has 2 rings (SSSR count). The Morgan fingerprint density at radius 3 is 2.32 bits per heavy atom. The number of nitrogens with one attached hydrogen (secondary N) is 2. The quantitative estimate of drug-likeness (QED) is 0.157. The lowest BCUT2D eigenvalue weighted by atomic mass is 10.0. The molecular formula is C20H21N3O7S. The summed E-state index contributed by atoms with van der Waals surface area (Å²) in [5.41, 5.74) is 5.87. The van der Waals surface area contributed by atoms with Gasteiger partial charge in [0.15, 0.2) is 0 Å². The summed E-state index contributed by atoms with van der Waals surface area (Å²) in [5, 5.41) is 27.3. The first-order chi connectivity index (χ1) is 14.6. The summed E-state index contributed by atoms with van der Waals surface area (Å²) in [6.07, 6.45) is -0.493. The molecule has 0 spiro atoms. The second kappa shape index (κ2) is 10.3. The maximum atomic E-state index is 12.3. The Kier molecular flexibility index (Phi) is 7.86. The van der Waals surface area contributed by atoms with Crippen LogP contribution in [0.25, 0.3) is 0 Å². The Labute approximate surface area is 181 Å². The third kappa shape index (κ3) is 6.93. The second-order valence-corrected chi connectivity index (χ2v) is 7.86. The Morgan fingerprint density at radius 1 is 1.13 bits per heavy atom. The zero-order valence-corrected chi connectivity index (χ0v) is 17.3. The van der Waals surface area contributed by atoms with Crippen LogP contribution in [0.2, 0.25) is 0 Å². The van der Waals surface area contributed by atoms with Crippen LogP contribution in [-0.2, 0) is 20.8 Å². The van der Waals surface area contributed by atoms with E-state index in [4.69, 9.17) is 26.1 Å². The van der Waals surface area contributed by atoms with Gasteiger partial charge in [-0.1, -0.05) is 6.92 Å². The number of benzene rings is 1. The Morgan fingerprint density at radius 2 is 1.77 bits per heavy atom. The molecule has 0 aliphatic heterocycles. The fourth-order valence-corrected chi connectivity index (χ4v) is 3.55. The zero-order valence-electron chi connectivity index (χ0n) is 16.5. The van der Waals surface area contributed by atoms with Gasteiger partial charge in [-0.05, 0) is 42.8 Å². The molecule has 0 aliphatic rings. The van der Waals surface area contributed by atoms with Crippen LogP contribution >= 0.6 is 11.3 Å². The summed E-state index contributed by atoms with van der Waals surface area (Å²) < 4.78 is 5.28. The highest BCUT2D eigenvalue weighted by Crippen LogP contribution is 2.22. The van der Waals surface area contributed by atoms with E-state index in [0.717, 1.165) is 11.3 Å². The van der Waals surface area contributed by atoms with Gasteiger partial charge in [0.2, 0.25) is 5.91 Å². The SMILES string of the molecule is CC(Cc1ccc(C(=O)Oc2ccc(C(=N)N)cc2)s1)C(=O)N[C@@H](CC(=O)O)C(=O)O. The lowest BCUT2D eigenvalue weighted by Gasteiger charge is -2.16. The molecule has 2 atom stereocenters. The number of hydrogen-bond donors (Lipinski definition) is 5. The van der Waals surface area contributed by atoms with E-state index >= 15 is 0 Å². The summed E-state index contributed by atoms with van der Waals surface area (Å²) in [6.45, 7) is 1.57. The van der Waals surface area contributed by atoms with Crippen molar-refractivity contribution in [2.75, 3.05) is 0 Å². The van der Waals surface area contributed by atoms with Crippen molar-refractivity contribution in [3.63, 3.8) is 0 Å². The van der Waals surface area contributed by atoms with Crippen LogP contribution in [-0.4, -0.2) is 45.9 Å². The summed E-state index contributed by atoms with van der Waals surface area (Å²) >= 11 is 1.13. The van der Waals surface area contributed by atoms with Crippen molar-refractivity contribution in [2.45, 2.75) is 25.8 Å². The topological polar surface area (TPSA) is 180 Å². The Hall–Kier alpha value is -3.73. The van der Waals surface area contributed by atoms with Crippen molar-refractivity contribution < 1.29 is 34.1 Å². The molecule has 1 aromatic heterocycles. The van der Waals surface area contributed by atoms with Crippen LogP contribution in [0.1, 0.15) is 33.5 Å². The lowest BCUT2D eigenvalue weighted by Crippen LogP contribution is -2.44. The number of hydrogen-bond acceptors (Lipinski definition) is 7. The van der Waals surface area contributed by atoms with Crippen LogP contribution in [0.3, 0.4) is 0 Å². The van der Waals surface area contributed by atoms with E-state index in [2.05, 4.69) is 5.32 Å². The van der Waals surface area contributed by atoms with Crippen molar-refractivity contribution in [3.8, 4) is 5.75 Å². The number of aliphatic carboxylic acids is 2. The molecule has 1 amide bonds. The summed E-state index contributed by atoms with van der Waals surface area (Å²) in [7, 11) is 0. The van der Waals surface area contributed by atoms with Crippen molar-refractivity contribution in [3.05, 3.63) is 51.7 Å². The molecule has 2 aromatic rings. The maximum absolute atomic E-state index is 12.3. The largest absolute Gasteiger partial charge is 0.481 e. The minimum Gasteiger partial charge on any atom is -0.481 e. The van der Waals surface area contributed by atoms with Gasteiger partial charge in [-0.25, -0.2) is 9.59 Å². The number of carbonyl (C=O) groups is 4. The van der Waals surface area contributed by atoms with Crippen LogP contribution in [0.4, 0.5) is 0 Å². The van der Waals surface area contributed by atoms with Crippen LogP contribution in [0, 0.1) is 11.3 Å². The average molecular weight is 447 g/mol. The van der Waals surface area contributed by atoms with Gasteiger partial charge in [-0.3, -0.25) is 15.0 Å². The van der Waals surface area contributed by atoms with Gasteiger partial charge in [-0.15, -0.1) is 11.3 Å². The van der Waals surface area contributed by atoms with Crippen molar-refractivity contribution >= 4 is 41.0 Å². The number of carboxylic acid groups (broad SMARTS) is 2. The zero-order chi connectivity index (χ0) is 23.1. The lowest BCUT2D eigenvalue weighted by molar-refractivity contribution is -0.147. The molecule has 0 saturated heterocycles. The van der Waals surface area contributed by atoms with Crippen molar-refractivity contribution in [1.82, 2.24) is 5.32 Å². The predicted octanol–water partition coefficient (Wildman–Crippen LogP) is 1.47. The summed E-state index contributed by atoms with van der Waals surface area (Å²) in [5.74, 6) is -4.41. The van der Waals surface area contributed by atoms with E-state index in [1.807, 2.05) is 0 Å². The third-order valence-corrected chi connectivity index (χ3v) is 5.27. The standard InChI is InChI=1S/C20H21N3O7S/c1-10(18(26)23-14(19(27)28)9-16(24)25)8-13-6-7-15(31-13)20(29)30-12-4-2-11(3-5-12)17(21)22/h2-7,10,14H,8-9H2,1H3,(H3,21,22)(H,23,26)(H,24,25)(H,27,28)/t10?,14-/m0/s1. The number of nitrogen functional groups attached to an aromatic ring is 1. The smallest absolute Gasteiger partial charge is 0.353 e. The number of nitrogens with two attached hydrogens (primary N) is 1. The normalized spacial score (nSPS) is 12.4. The number of carbonyl (C=O) groups excluding carboxylic acids is 2. The number of amidine groups is 1. The van der Waals surface area contributed by atoms with Gasteiger partial charge in [0.05, 0.1) is 6.42 Å². The van der Waals surface area contributed by atoms with E-state index < -0.39 is 42.2 Å². The summed E-state index contributed by atoms with van der Waals surface area (Å²) in [6, 6.07) is 7.85. The molecule has 0 bridgehead atoms. The van der Waals surface area contributed by atoms with E-state index in [1.54, 1.807) is 31.2 Å². The fraction of sp³-hybridized carbons (Fsp3) is 0.250. The maximum Gasteiger partial charge on any atom is 0.353 e.